The Bertz CT molecular complexity index is 923. The van der Waals surface area contributed by atoms with Gasteiger partial charge in [-0.1, -0.05) is 25.1 Å². The van der Waals surface area contributed by atoms with Crippen LogP contribution in [0.25, 0.3) is 0 Å². The number of fused-ring (bicyclic) bond motifs is 1. The number of nitrogens with zero attached hydrogens (tertiary/aromatic N) is 1. The molecule has 0 aromatic heterocycles. The summed E-state index contributed by atoms with van der Waals surface area (Å²) in [5, 5.41) is 0. The lowest BCUT2D eigenvalue weighted by Gasteiger charge is -2.29. The van der Waals surface area contributed by atoms with Crippen LogP contribution in [0.1, 0.15) is 30.9 Å². The van der Waals surface area contributed by atoms with E-state index in [2.05, 4.69) is 4.72 Å². The molecule has 7 heteroatoms. The zero-order valence-corrected chi connectivity index (χ0v) is 16.4. The predicted octanol–water partition coefficient (Wildman–Crippen LogP) is 3.33. The first-order chi connectivity index (χ1) is 12.9. The third-order valence-electron chi connectivity index (χ3n) is 4.60. The van der Waals surface area contributed by atoms with Gasteiger partial charge in [0.05, 0.1) is 18.6 Å². The third kappa shape index (κ3) is 4.60. The molecule has 0 radical (unpaired) electrons. The van der Waals surface area contributed by atoms with Gasteiger partial charge in [-0.05, 0) is 48.2 Å². The SMILES string of the molecule is CCC(=O)N1CCCc2ccc(NS(=O)(=O)Cc3ccc(OC)cc3)cc21. The first-order valence-electron chi connectivity index (χ1n) is 8.98. The van der Waals surface area contributed by atoms with Crippen molar-refractivity contribution in [1.82, 2.24) is 0 Å². The molecule has 1 N–H and O–H groups in total. The second kappa shape index (κ2) is 8.00. The molecule has 2 aromatic carbocycles. The molecule has 0 fully saturated rings. The second-order valence-corrected chi connectivity index (χ2v) is 8.28. The summed E-state index contributed by atoms with van der Waals surface area (Å²) in [7, 11) is -2.01. The number of anilines is 2. The highest BCUT2D eigenvalue weighted by Gasteiger charge is 2.22. The van der Waals surface area contributed by atoms with Gasteiger partial charge in [-0.3, -0.25) is 9.52 Å². The highest BCUT2D eigenvalue weighted by molar-refractivity contribution is 7.91. The van der Waals surface area contributed by atoms with Crippen LogP contribution in [-0.4, -0.2) is 28.0 Å². The Balaban J connectivity index is 1.79. The zero-order valence-electron chi connectivity index (χ0n) is 15.6. The van der Waals surface area contributed by atoms with Crippen LogP contribution in [0.2, 0.25) is 0 Å². The van der Waals surface area contributed by atoms with Crippen molar-refractivity contribution in [2.75, 3.05) is 23.3 Å². The maximum atomic E-state index is 12.5. The summed E-state index contributed by atoms with van der Waals surface area (Å²) in [6.45, 7) is 2.50. The standard InChI is InChI=1S/C20H24N2O4S/c1-3-20(23)22-12-4-5-16-8-9-17(13-19(16)22)21-27(24,25)14-15-6-10-18(26-2)11-7-15/h6-11,13,21H,3-5,12,14H2,1-2H3. The van der Waals surface area contributed by atoms with Gasteiger partial charge in [-0.15, -0.1) is 0 Å². The van der Waals surface area contributed by atoms with E-state index in [1.807, 2.05) is 13.0 Å². The highest BCUT2D eigenvalue weighted by atomic mass is 32.2. The topological polar surface area (TPSA) is 75.7 Å². The minimum Gasteiger partial charge on any atom is -0.497 e. The maximum Gasteiger partial charge on any atom is 0.236 e. The van der Waals surface area contributed by atoms with E-state index in [9.17, 15) is 13.2 Å². The molecule has 0 aliphatic carbocycles. The van der Waals surface area contributed by atoms with E-state index in [-0.39, 0.29) is 11.7 Å². The molecule has 0 atom stereocenters. The van der Waals surface area contributed by atoms with Crippen molar-refractivity contribution >= 4 is 27.3 Å². The van der Waals surface area contributed by atoms with E-state index >= 15 is 0 Å². The Kier molecular flexibility index (Phi) is 5.70. The van der Waals surface area contributed by atoms with Gasteiger partial charge in [-0.2, -0.15) is 0 Å². The van der Waals surface area contributed by atoms with Crippen LogP contribution in [0.15, 0.2) is 42.5 Å². The summed E-state index contributed by atoms with van der Waals surface area (Å²) in [5.74, 6) is 0.597. The number of benzene rings is 2. The van der Waals surface area contributed by atoms with Crippen molar-refractivity contribution in [2.24, 2.45) is 0 Å². The van der Waals surface area contributed by atoms with E-state index < -0.39 is 10.0 Å². The Morgan fingerprint density at radius 3 is 2.59 bits per heavy atom. The average molecular weight is 388 g/mol. The molecule has 0 unspecified atom stereocenters. The minimum atomic E-state index is -3.57. The highest BCUT2D eigenvalue weighted by Crippen LogP contribution is 2.31. The monoisotopic (exact) mass is 388 g/mol. The van der Waals surface area contributed by atoms with E-state index in [4.69, 9.17) is 4.74 Å². The predicted molar refractivity (Wildman–Crippen MR) is 107 cm³/mol. The molecule has 144 valence electrons. The summed E-state index contributed by atoms with van der Waals surface area (Å²) in [5.41, 5.74) is 3.01. The Labute approximate surface area is 160 Å². The quantitative estimate of drug-likeness (QED) is 0.824. The van der Waals surface area contributed by atoms with Gasteiger partial charge in [-0.25, -0.2) is 8.42 Å². The minimum absolute atomic E-state index is 0.0502. The van der Waals surface area contributed by atoms with Crippen molar-refractivity contribution in [1.29, 1.82) is 0 Å². The van der Waals surface area contributed by atoms with Crippen molar-refractivity contribution in [3.05, 3.63) is 53.6 Å². The fourth-order valence-electron chi connectivity index (χ4n) is 3.24. The molecule has 0 saturated heterocycles. The van der Waals surface area contributed by atoms with Gasteiger partial charge < -0.3 is 9.64 Å². The van der Waals surface area contributed by atoms with Gasteiger partial charge >= 0.3 is 0 Å². The molecule has 0 bridgehead atoms. The molecule has 0 spiro atoms. The van der Waals surface area contributed by atoms with E-state index in [0.29, 0.717) is 30.0 Å². The summed E-state index contributed by atoms with van der Waals surface area (Å²) < 4.78 is 32.8. The van der Waals surface area contributed by atoms with Crippen LogP contribution >= 0.6 is 0 Å². The van der Waals surface area contributed by atoms with Gasteiger partial charge in [0.1, 0.15) is 5.75 Å². The van der Waals surface area contributed by atoms with Crippen molar-refractivity contribution in [3.8, 4) is 5.75 Å². The first kappa shape index (κ1) is 19.2. The number of aryl methyl sites for hydroxylation is 1. The maximum absolute atomic E-state index is 12.5. The van der Waals surface area contributed by atoms with E-state index in [0.717, 1.165) is 24.1 Å². The van der Waals surface area contributed by atoms with Crippen LogP contribution in [-0.2, 0) is 27.0 Å². The third-order valence-corrected chi connectivity index (χ3v) is 5.86. The van der Waals surface area contributed by atoms with Crippen molar-refractivity contribution in [2.45, 2.75) is 31.9 Å². The summed E-state index contributed by atoms with van der Waals surface area (Å²) >= 11 is 0. The molecule has 1 aliphatic rings. The molecular weight excluding hydrogens is 364 g/mol. The number of hydrogen-bond acceptors (Lipinski definition) is 4. The zero-order chi connectivity index (χ0) is 19.4. The molecule has 1 amide bonds. The average Bonchev–Trinajstić information content (AvgIpc) is 2.66. The van der Waals surface area contributed by atoms with Crippen molar-refractivity contribution in [3.63, 3.8) is 0 Å². The largest absolute Gasteiger partial charge is 0.497 e. The number of hydrogen-bond donors (Lipinski definition) is 1. The van der Waals surface area contributed by atoms with Crippen molar-refractivity contribution < 1.29 is 17.9 Å². The van der Waals surface area contributed by atoms with E-state index in [1.165, 1.54) is 0 Å². The number of sulfonamides is 1. The molecular formula is C20H24N2O4S. The van der Waals surface area contributed by atoms with Crippen LogP contribution in [0.3, 0.4) is 0 Å². The van der Waals surface area contributed by atoms with Gasteiger partial charge in [0.15, 0.2) is 0 Å². The lowest BCUT2D eigenvalue weighted by atomic mass is 10.0. The number of ether oxygens (including phenoxy) is 1. The molecule has 1 aliphatic heterocycles. The number of nitrogens with one attached hydrogen (secondary N) is 1. The fraction of sp³-hybridized carbons (Fsp3) is 0.350. The first-order valence-corrected chi connectivity index (χ1v) is 10.6. The lowest BCUT2D eigenvalue weighted by Crippen LogP contribution is -2.35. The molecule has 1 heterocycles. The van der Waals surface area contributed by atoms with Crippen LogP contribution in [0, 0.1) is 0 Å². The smallest absolute Gasteiger partial charge is 0.236 e. The molecule has 0 saturated carbocycles. The molecule has 2 aromatic rings. The lowest BCUT2D eigenvalue weighted by molar-refractivity contribution is -0.118. The van der Waals surface area contributed by atoms with Crippen LogP contribution in [0.4, 0.5) is 11.4 Å². The summed E-state index contributed by atoms with van der Waals surface area (Å²) in [6.07, 6.45) is 2.23. The van der Waals surface area contributed by atoms with Gasteiger partial charge in [0, 0.05) is 18.7 Å². The molecule has 27 heavy (non-hydrogen) atoms. The van der Waals surface area contributed by atoms with Crippen LogP contribution in [0.5, 0.6) is 5.75 Å². The summed E-state index contributed by atoms with van der Waals surface area (Å²) in [4.78, 5) is 13.9. The number of amides is 1. The molecule has 3 rings (SSSR count). The number of carbonyl (C=O) groups excluding carboxylic acids is 1. The number of carbonyl (C=O) groups is 1. The van der Waals surface area contributed by atoms with E-state index in [1.54, 1.807) is 48.4 Å². The second-order valence-electron chi connectivity index (χ2n) is 6.56. The molecule has 6 nitrogen and oxygen atoms in total. The fourth-order valence-corrected chi connectivity index (χ4v) is 4.43. The summed E-state index contributed by atoms with van der Waals surface area (Å²) in [6, 6.07) is 12.3. The van der Waals surface area contributed by atoms with Gasteiger partial charge in [0.2, 0.25) is 15.9 Å². The Morgan fingerprint density at radius 1 is 1.19 bits per heavy atom. The number of methoxy groups -OCH3 is 1. The Hall–Kier alpha value is -2.54. The van der Waals surface area contributed by atoms with Crippen LogP contribution < -0.4 is 14.4 Å². The Morgan fingerprint density at radius 2 is 1.93 bits per heavy atom. The normalized spacial score (nSPS) is 13.8. The number of rotatable bonds is 6. The van der Waals surface area contributed by atoms with Gasteiger partial charge in [0.25, 0.3) is 0 Å².